The molecule has 0 aromatic carbocycles. The van der Waals surface area contributed by atoms with Crippen molar-refractivity contribution in [2.45, 2.75) is 30.8 Å². The van der Waals surface area contributed by atoms with Crippen LogP contribution in [0.3, 0.4) is 0 Å². The van der Waals surface area contributed by atoms with Crippen molar-refractivity contribution in [3.8, 4) is 0 Å². The van der Waals surface area contributed by atoms with Gasteiger partial charge in [0.05, 0.1) is 17.0 Å². The van der Waals surface area contributed by atoms with E-state index in [9.17, 15) is 9.59 Å². The summed E-state index contributed by atoms with van der Waals surface area (Å²) in [5.41, 5.74) is 0. The predicted molar refractivity (Wildman–Crippen MR) is 112 cm³/mol. The molecule has 3 unspecified atom stereocenters. The van der Waals surface area contributed by atoms with Crippen LogP contribution < -0.4 is 0 Å². The van der Waals surface area contributed by atoms with Gasteiger partial charge in [-0.1, -0.05) is 6.08 Å². The average Bonchev–Trinajstić information content (AvgIpc) is 3.29. The van der Waals surface area contributed by atoms with E-state index in [4.69, 9.17) is 0 Å². The number of likely N-dealkylation sites (N-methyl/N-ethyl adjacent to an activating group) is 2. The Bertz CT molecular complexity index is 762. The second-order valence-corrected chi connectivity index (χ2v) is 9.73. The van der Waals surface area contributed by atoms with Crippen LogP contribution in [0.15, 0.2) is 24.3 Å². The number of carbonyl (C=O) groups is 2. The Morgan fingerprint density at radius 1 is 1.21 bits per heavy atom. The van der Waals surface area contributed by atoms with Crippen LogP contribution >= 0.6 is 11.3 Å². The van der Waals surface area contributed by atoms with E-state index in [1.807, 2.05) is 40.9 Å². The summed E-state index contributed by atoms with van der Waals surface area (Å²) in [6.07, 6.45) is 5.78. The Labute approximate surface area is 171 Å². The Kier molecular flexibility index (Phi) is 5.58. The highest BCUT2D eigenvalue weighted by molar-refractivity contribution is 7.14. The smallest absolute Gasteiger partial charge is 0.264 e. The number of piperazine rings is 1. The van der Waals surface area contributed by atoms with Crippen LogP contribution in [0.5, 0.6) is 0 Å². The second kappa shape index (κ2) is 7.97. The highest BCUT2D eigenvalue weighted by atomic mass is 32.1. The van der Waals surface area contributed by atoms with Gasteiger partial charge in [-0.2, -0.15) is 0 Å². The molecule has 4 fully saturated rings. The number of hydrogen-bond donors (Lipinski definition) is 0. The summed E-state index contributed by atoms with van der Waals surface area (Å²) in [7, 11) is 6.12. The summed E-state index contributed by atoms with van der Waals surface area (Å²) >= 11 is 1.66. The van der Waals surface area contributed by atoms with Crippen LogP contribution in [-0.4, -0.2) is 97.4 Å². The molecule has 28 heavy (non-hydrogen) atoms. The number of carbonyl (C=O) groups excluding carboxylic acids is 2. The largest absolute Gasteiger partial charge is 0.334 e. The Morgan fingerprint density at radius 3 is 2.61 bits per heavy atom. The van der Waals surface area contributed by atoms with Gasteiger partial charge < -0.3 is 19.6 Å². The van der Waals surface area contributed by atoms with Gasteiger partial charge in [-0.15, -0.1) is 11.3 Å². The van der Waals surface area contributed by atoms with E-state index >= 15 is 0 Å². The van der Waals surface area contributed by atoms with E-state index in [2.05, 4.69) is 18.0 Å². The lowest BCUT2D eigenvalue weighted by Crippen LogP contribution is -2.70. The minimum absolute atomic E-state index is 0.0824. The first-order valence-electron chi connectivity index (χ1n) is 10.1. The van der Waals surface area contributed by atoms with Gasteiger partial charge in [-0.3, -0.25) is 9.59 Å². The molecule has 0 N–H and O–H groups in total. The van der Waals surface area contributed by atoms with Crippen molar-refractivity contribution in [1.29, 1.82) is 0 Å². The fourth-order valence-corrected chi connectivity index (χ4v) is 5.70. The molecule has 152 valence electrons. The summed E-state index contributed by atoms with van der Waals surface area (Å²) in [6, 6.07) is 4.47. The zero-order valence-corrected chi connectivity index (χ0v) is 17.8. The van der Waals surface area contributed by atoms with E-state index in [0.29, 0.717) is 19.0 Å². The molecule has 0 aliphatic carbocycles. The first kappa shape index (κ1) is 19.6. The lowest BCUT2D eigenvalue weighted by molar-refractivity contribution is -0.146. The van der Waals surface area contributed by atoms with Crippen molar-refractivity contribution >= 4 is 23.2 Å². The molecule has 7 heteroatoms. The van der Waals surface area contributed by atoms with E-state index in [-0.39, 0.29) is 23.9 Å². The standard InChI is InChI=1S/C21H30N4O2S/c1-22(2)9-4-5-20(26)25-16-11-17(25)14-24(13-16)21(27)19-7-6-18(28-19)15-8-10-23(3)12-15/h4-7,15-17H,8-14H2,1-3H3/b5-4+. The number of fused-ring (bicyclic) bond motifs is 2. The lowest BCUT2D eigenvalue weighted by Gasteiger charge is -2.55. The van der Waals surface area contributed by atoms with Crippen molar-refractivity contribution < 1.29 is 9.59 Å². The SMILES string of the molecule is CN(C)C/C=C/C(=O)N1C2CC1CN(C(=O)c1ccc(C3CCN(C)C3)s1)C2. The van der Waals surface area contributed by atoms with Crippen LogP contribution in [-0.2, 0) is 4.79 Å². The van der Waals surface area contributed by atoms with Crippen molar-refractivity contribution in [2.24, 2.45) is 0 Å². The van der Waals surface area contributed by atoms with Crippen LogP contribution in [0.2, 0.25) is 0 Å². The Balaban J connectivity index is 1.34. The molecule has 1 aromatic rings. The second-order valence-electron chi connectivity index (χ2n) is 8.61. The molecular formula is C21H30N4O2S. The molecule has 1 aromatic heterocycles. The molecule has 0 radical (unpaired) electrons. The minimum Gasteiger partial charge on any atom is -0.334 e. The highest BCUT2D eigenvalue weighted by Gasteiger charge is 2.47. The number of thiophene rings is 1. The van der Waals surface area contributed by atoms with Gasteiger partial charge in [0, 0.05) is 43.1 Å². The molecule has 5 heterocycles. The average molecular weight is 403 g/mol. The maximum absolute atomic E-state index is 13.0. The quantitative estimate of drug-likeness (QED) is 0.704. The minimum atomic E-state index is 0.0824. The van der Waals surface area contributed by atoms with Crippen molar-refractivity contribution in [3.63, 3.8) is 0 Å². The molecule has 0 spiro atoms. The zero-order chi connectivity index (χ0) is 19.8. The van der Waals surface area contributed by atoms with Gasteiger partial charge >= 0.3 is 0 Å². The molecule has 4 aliphatic rings. The first-order valence-corrected chi connectivity index (χ1v) is 10.9. The van der Waals surface area contributed by atoms with Gasteiger partial charge in [0.1, 0.15) is 0 Å². The topological polar surface area (TPSA) is 47.1 Å². The third kappa shape index (κ3) is 3.88. The molecule has 3 atom stereocenters. The molecule has 2 bridgehead atoms. The lowest BCUT2D eigenvalue weighted by atomic mass is 9.87. The fourth-order valence-electron chi connectivity index (χ4n) is 4.60. The number of nitrogens with zero attached hydrogens (tertiary/aromatic N) is 4. The van der Waals surface area contributed by atoms with Crippen molar-refractivity contribution in [1.82, 2.24) is 19.6 Å². The number of piperidine rings is 1. The summed E-state index contributed by atoms with van der Waals surface area (Å²) in [4.78, 5) is 35.9. The number of amides is 2. The van der Waals surface area contributed by atoms with Crippen LogP contribution in [0, 0.1) is 0 Å². The van der Waals surface area contributed by atoms with Gasteiger partial charge in [0.15, 0.2) is 0 Å². The molecule has 5 rings (SSSR count). The molecule has 4 saturated heterocycles. The third-order valence-electron chi connectivity index (χ3n) is 6.10. The summed E-state index contributed by atoms with van der Waals surface area (Å²) in [6.45, 7) is 4.29. The van der Waals surface area contributed by atoms with Crippen molar-refractivity contribution in [3.05, 3.63) is 34.0 Å². The maximum atomic E-state index is 13.0. The van der Waals surface area contributed by atoms with Gasteiger partial charge in [0.2, 0.25) is 5.91 Å². The van der Waals surface area contributed by atoms with Crippen LogP contribution in [0.1, 0.15) is 33.3 Å². The predicted octanol–water partition coefficient (Wildman–Crippen LogP) is 1.71. The Morgan fingerprint density at radius 2 is 1.96 bits per heavy atom. The van der Waals surface area contributed by atoms with E-state index in [1.165, 1.54) is 11.3 Å². The number of likely N-dealkylation sites (tertiary alicyclic amines) is 1. The number of rotatable bonds is 5. The normalized spacial score (nSPS) is 27.6. The Hall–Kier alpha value is -1.70. The van der Waals surface area contributed by atoms with Crippen LogP contribution in [0.4, 0.5) is 0 Å². The van der Waals surface area contributed by atoms with Crippen molar-refractivity contribution in [2.75, 3.05) is 53.9 Å². The fraction of sp³-hybridized carbons (Fsp3) is 0.619. The molecule has 4 aliphatic heterocycles. The molecule has 6 nitrogen and oxygen atoms in total. The van der Waals surface area contributed by atoms with Gasteiger partial charge in [0.25, 0.3) is 5.91 Å². The van der Waals surface area contributed by atoms with E-state index in [1.54, 1.807) is 17.4 Å². The zero-order valence-electron chi connectivity index (χ0n) is 17.0. The molecule has 2 amide bonds. The van der Waals surface area contributed by atoms with E-state index in [0.717, 1.165) is 30.9 Å². The van der Waals surface area contributed by atoms with E-state index < -0.39 is 0 Å². The maximum Gasteiger partial charge on any atom is 0.264 e. The summed E-state index contributed by atoms with van der Waals surface area (Å²) in [5, 5.41) is 0. The highest BCUT2D eigenvalue weighted by Crippen LogP contribution is 2.35. The summed E-state index contributed by atoms with van der Waals surface area (Å²) in [5.74, 6) is 0.778. The summed E-state index contributed by atoms with van der Waals surface area (Å²) < 4.78 is 0. The molecular weight excluding hydrogens is 372 g/mol. The van der Waals surface area contributed by atoms with Gasteiger partial charge in [-0.25, -0.2) is 0 Å². The van der Waals surface area contributed by atoms with Gasteiger partial charge in [-0.05, 0) is 52.7 Å². The van der Waals surface area contributed by atoms with Crippen LogP contribution in [0.25, 0.3) is 0 Å². The third-order valence-corrected chi connectivity index (χ3v) is 7.33. The molecule has 0 saturated carbocycles. The first-order chi connectivity index (χ1) is 13.4. The number of hydrogen-bond acceptors (Lipinski definition) is 5. The monoisotopic (exact) mass is 402 g/mol.